The minimum absolute atomic E-state index is 0.336. The van der Waals surface area contributed by atoms with Gasteiger partial charge in [-0.1, -0.05) is 0 Å². The number of nitrogens with zero attached hydrogens (tertiary/aromatic N) is 3. The van der Waals surface area contributed by atoms with Crippen molar-refractivity contribution in [3.05, 3.63) is 53.9 Å². The number of pyridine rings is 1. The summed E-state index contributed by atoms with van der Waals surface area (Å²) in [5, 5.41) is 8.78. The molecule has 0 fully saturated rings. The van der Waals surface area contributed by atoms with Crippen LogP contribution in [0.15, 0.2) is 42.7 Å². The molecule has 0 spiro atoms. The van der Waals surface area contributed by atoms with Gasteiger partial charge < -0.3 is 10.6 Å². The van der Waals surface area contributed by atoms with Crippen LogP contribution in [0.1, 0.15) is 11.1 Å². The molecule has 2 aromatic rings. The molecule has 2 rings (SSSR count). The van der Waals surface area contributed by atoms with Crippen LogP contribution in [-0.4, -0.2) is 12.0 Å². The highest BCUT2D eigenvalue weighted by Crippen LogP contribution is 2.22. The predicted octanol–water partition coefficient (Wildman–Crippen LogP) is 2.37. The summed E-state index contributed by atoms with van der Waals surface area (Å²) >= 11 is 0. The summed E-state index contributed by atoms with van der Waals surface area (Å²) in [6, 6.07) is 11.9. The Hall–Kier alpha value is -2.54. The summed E-state index contributed by atoms with van der Waals surface area (Å²) in [5.41, 5.74) is 9.64. The molecule has 96 valence electrons. The van der Waals surface area contributed by atoms with Gasteiger partial charge in [-0.2, -0.15) is 5.26 Å². The fourth-order valence-electron chi connectivity index (χ4n) is 1.92. The second-order valence-electron chi connectivity index (χ2n) is 4.43. The molecule has 0 aliphatic rings. The van der Waals surface area contributed by atoms with E-state index in [1.165, 1.54) is 5.56 Å². The lowest BCUT2D eigenvalue weighted by molar-refractivity contribution is 0.918. The van der Waals surface area contributed by atoms with E-state index in [1.807, 2.05) is 37.4 Å². The Morgan fingerprint density at radius 3 is 2.68 bits per heavy atom. The van der Waals surface area contributed by atoms with Gasteiger partial charge in [-0.3, -0.25) is 4.98 Å². The van der Waals surface area contributed by atoms with Gasteiger partial charge >= 0.3 is 0 Å². The second kappa shape index (κ2) is 5.87. The molecule has 4 nitrogen and oxygen atoms in total. The third kappa shape index (κ3) is 3.23. The Morgan fingerprint density at radius 2 is 2.00 bits per heavy atom. The zero-order valence-corrected chi connectivity index (χ0v) is 10.9. The zero-order valence-electron chi connectivity index (χ0n) is 10.9. The first kappa shape index (κ1) is 12.9. The number of nitrogens with two attached hydrogens (primary N) is 1. The molecule has 0 radical (unpaired) electrons. The summed E-state index contributed by atoms with van der Waals surface area (Å²) < 4.78 is 0. The van der Waals surface area contributed by atoms with E-state index >= 15 is 0 Å². The normalized spacial score (nSPS) is 9.89. The number of anilines is 2. The van der Waals surface area contributed by atoms with Gasteiger partial charge in [0.25, 0.3) is 0 Å². The number of hydrogen-bond acceptors (Lipinski definition) is 4. The average Bonchev–Trinajstić information content (AvgIpc) is 2.42. The van der Waals surface area contributed by atoms with E-state index in [9.17, 15) is 0 Å². The van der Waals surface area contributed by atoms with Crippen molar-refractivity contribution < 1.29 is 0 Å². The summed E-state index contributed by atoms with van der Waals surface area (Å²) in [7, 11) is 2.02. The van der Waals surface area contributed by atoms with Gasteiger partial charge in [0, 0.05) is 37.4 Å². The molecule has 0 aliphatic heterocycles. The first-order valence-electron chi connectivity index (χ1n) is 6.06. The lowest BCUT2D eigenvalue weighted by Gasteiger charge is -2.20. The SMILES string of the molecule is CN(Cc1ccncc1)c1ccc(N)c(CC#N)c1. The van der Waals surface area contributed by atoms with Crippen LogP contribution in [0.2, 0.25) is 0 Å². The number of benzene rings is 1. The molecule has 0 bridgehead atoms. The van der Waals surface area contributed by atoms with E-state index < -0.39 is 0 Å². The van der Waals surface area contributed by atoms with Crippen LogP contribution in [0.3, 0.4) is 0 Å². The largest absolute Gasteiger partial charge is 0.398 e. The van der Waals surface area contributed by atoms with Crippen LogP contribution < -0.4 is 10.6 Å². The zero-order chi connectivity index (χ0) is 13.7. The summed E-state index contributed by atoms with van der Waals surface area (Å²) in [5.74, 6) is 0. The summed E-state index contributed by atoms with van der Waals surface area (Å²) in [6.45, 7) is 0.790. The van der Waals surface area contributed by atoms with Crippen molar-refractivity contribution in [3.8, 4) is 6.07 Å². The topological polar surface area (TPSA) is 65.9 Å². The van der Waals surface area contributed by atoms with Crippen molar-refractivity contribution in [2.75, 3.05) is 17.7 Å². The predicted molar refractivity (Wildman–Crippen MR) is 76.5 cm³/mol. The number of aromatic nitrogens is 1. The van der Waals surface area contributed by atoms with Gasteiger partial charge in [0.1, 0.15) is 0 Å². The molecule has 1 aromatic carbocycles. The Kier molecular flexibility index (Phi) is 3.99. The molecular formula is C15H16N4. The van der Waals surface area contributed by atoms with E-state index in [2.05, 4.69) is 16.0 Å². The Morgan fingerprint density at radius 1 is 1.26 bits per heavy atom. The third-order valence-electron chi connectivity index (χ3n) is 3.01. The van der Waals surface area contributed by atoms with E-state index in [0.29, 0.717) is 12.1 Å². The van der Waals surface area contributed by atoms with Gasteiger partial charge in [0.15, 0.2) is 0 Å². The fraction of sp³-hybridized carbons (Fsp3) is 0.200. The molecular weight excluding hydrogens is 236 g/mol. The van der Waals surface area contributed by atoms with Gasteiger partial charge in [-0.25, -0.2) is 0 Å². The number of nitriles is 1. The summed E-state index contributed by atoms with van der Waals surface area (Å²) in [6.07, 6.45) is 3.91. The molecule has 2 N–H and O–H groups in total. The Labute approximate surface area is 113 Å². The minimum atomic E-state index is 0.336. The molecule has 0 atom stereocenters. The maximum atomic E-state index is 8.78. The molecule has 0 saturated heterocycles. The number of rotatable bonds is 4. The highest BCUT2D eigenvalue weighted by atomic mass is 15.1. The van der Waals surface area contributed by atoms with Crippen LogP contribution >= 0.6 is 0 Å². The molecule has 19 heavy (non-hydrogen) atoms. The van der Waals surface area contributed by atoms with Crippen molar-refractivity contribution >= 4 is 11.4 Å². The van der Waals surface area contributed by atoms with Gasteiger partial charge in [-0.05, 0) is 41.5 Å². The first-order chi connectivity index (χ1) is 9.20. The lowest BCUT2D eigenvalue weighted by atomic mass is 10.1. The Bertz CT molecular complexity index is 587. The maximum absolute atomic E-state index is 8.78. The van der Waals surface area contributed by atoms with Crippen LogP contribution in [0.4, 0.5) is 11.4 Å². The van der Waals surface area contributed by atoms with Crippen molar-refractivity contribution in [3.63, 3.8) is 0 Å². The van der Waals surface area contributed by atoms with Gasteiger partial charge in [0.05, 0.1) is 12.5 Å². The summed E-state index contributed by atoms with van der Waals surface area (Å²) in [4.78, 5) is 6.13. The molecule has 0 aliphatic carbocycles. The molecule has 1 heterocycles. The van der Waals surface area contributed by atoms with Crippen LogP contribution in [0, 0.1) is 11.3 Å². The lowest BCUT2D eigenvalue weighted by Crippen LogP contribution is -2.16. The van der Waals surface area contributed by atoms with E-state index in [0.717, 1.165) is 17.8 Å². The molecule has 0 unspecified atom stereocenters. The first-order valence-corrected chi connectivity index (χ1v) is 6.06. The standard InChI is InChI=1S/C15H16N4/c1-19(11-12-5-8-18-9-6-12)14-2-3-15(17)13(10-14)4-7-16/h2-3,5-6,8-10H,4,11,17H2,1H3. The third-order valence-corrected chi connectivity index (χ3v) is 3.01. The molecule has 1 aromatic heterocycles. The van der Waals surface area contributed by atoms with E-state index in [4.69, 9.17) is 11.0 Å². The van der Waals surface area contributed by atoms with Crippen LogP contribution in [0.5, 0.6) is 0 Å². The molecule has 4 heteroatoms. The highest BCUT2D eigenvalue weighted by molar-refractivity contribution is 5.59. The Balaban J connectivity index is 2.17. The van der Waals surface area contributed by atoms with Gasteiger partial charge in [-0.15, -0.1) is 0 Å². The van der Waals surface area contributed by atoms with Crippen LogP contribution in [0.25, 0.3) is 0 Å². The highest BCUT2D eigenvalue weighted by Gasteiger charge is 2.05. The van der Waals surface area contributed by atoms with Crippen molar-refractivity contribution in [1.82, 2.24) is 4.98 Å². The second-order valence-corrected chi connectivity index (χ2v) is 4.43. The molecule has 0 saturated carbocycles. The average molecular weight is 252 g/mol. The number of nitrogen functional groups attached to an aromatic ring is 1. The maximum Gasteiger partial charge on any atom is 0.0670 e. The van der Waals surface area contributed by atoms with Crippen molar-refractivity contribution in [2.24, 2.45) is 0 Å². The van der Waals surface area contributed by atoms with Gasteiger partial charge in [0.2, 0.25) is 0 Å². The van der Waals surface area contributed by atoms with Crippen LogP contribution in [-0.2, 0) is 13.0 Å². The van der Waals surface area contributed by atoms with E-state index in [1.54, 1.807) is 12.4 Å². The minimum Gasteiger partial charge on any atom is -0.398 e. The van der Waals surface area contributed by atoms with E-state index in [-0.39, 0.29) is 0 Å². The molecule has 0 amide bonds. The van der Waals surface area contributed by atoms with Crippen molar-refractivity contribution in [2.45, 2.75) is 13.0 Å². The smallest absolute Gasteiger partial charge is 0.0670 e. The monoisotopic (exact) mass is 252 g/mol. The fourth-order valence-corrected chi connectivity index (χ4v) is 1.92. The number of hydrogen-bond donors (Lipinski definition) is 1. The van der Waals surface area contributed by atoms with Crippen molar-refractivity contribution in [1.29, 1.82) is 5.26 Å². The quantitative estimate of drug-likeness (QED) is 0.848.